The highest BCUT2D eigenvalue weighted by Crippen LogP contribution is 2.28. The summed E-state index contributed by atoms with van der Waals surface area (Å²) in [6.07, 6.45) is 1.27. The molecule has 0 saturated carbocycles. The van der Waals surface area contributed by atoms with Crippen molar-refractivity contribution < 1.29 is 28.4 Å². The summed E-state index contributed by atoms with van der Waals surface area (Å²) in [7, 11) is 0. The van der Waals surface area contributed by atoms with Gasteiger partial charge < -0.3 is 18.9 Å². The first-order valence-electron chi connectivity index (χ1n) is 7.35. The van der Waals surface area contributed by atoms with E-state index in [1.54, 1.807) is 20.8 Å². The summed E-state index contributed by atoms with van der Waals surface area (Å²) in [5.41, 5.74) is 0.743. The Morgan fingerprint density at radius 3 is 2.75 bits per heavy atom. The number of esters is 2. The van der Waals surface area contributed by atoms with Crippen LogP contribution < -0.4 is 0 Å². The lowest BCUT2D eigenvalue weighted by atomic mass is 10.2. The van der Waals surface area contributed by atoms with E-state index in [9.17, 15) is 14.4 Å². The van der Waals surface area contributed by atoms with Crippen molar-refractivity contribution in [3.8, 4) is 0 Å². The molecule has 0 spiro atoms. The summed E-state index contributed by atoms with van der Waals surface area (Å²) < 4.78 is 14.9. The molecule has 8 nitrogen and oxygen atoms in total. The molecular weight excluding hydrogens is 336 g/mol. The standard InChI is InChI=1S/C15H18N2O6S/c1-4-21-13(19)7-12-17(11(18)8-24-12)5-6-22-15(20)14-9(2)16-23-10(14)3/h7H,4-6,8H2,1-3H3/b12-7-. The van der Waals surface area contributed by atoms with Gasteiger partial charge in [-0.2, -0.15) is 0 Å². The number of hydrogen-bond acceptors (Lipinski definition) is 8. The van der Waals surface area contributed by atoms with Crippen molar-refractivity contribution in [3.63, 3.8) is 0 Å². The Kier molecular flexibility index (Phi) is 6.02. The molecule has 0 unspecified atom stereocenters. The number of thioether (sulfide) groups is 1. The number of carbonyl (C=O) groups is 3. The molecule has 1 aliphatic heterocycles. The Morgan fingerprint density at radius 2 is 2.12 bits per heavy atom. The van der Waals surface area contributed by atoms with Gasteiger partial charge in [0.25, 0.3) is 0 Å². The lowest BCUT2D eigenvalue weighted by Gasteiger charge is -2.16. The van der Waals surface area contributed by atoms with Crippen molar-refractivity contribution in [2.75, 3.05) is 25.5 Å². The third-order valence-corrected chi connectivity index (χ3v) is 4.25. The monoisotopic (exact) mass is 354 g/mol. The molecule has 1 aromatic heterocycles. The first kappa shape index (κ1) is 18.1. The third-order valence-electron chi connectivity index (χ3n) is 3.22. The van der Waals surface area contributed by atoms with Crippen LogP contribution in [-0.4, -0.2) is 53.4 Å². The number of ether oxygens (including phenoxy) is 2. The fraction of sp³-hybridized carbons (Fsp3) is 0.467. The minimum atomic E-state index is -0.554. The SMILES string of the molecule is CCOC(=O)/C=C1\SCC(=O)N1CCOC(=O)c1c(C)noc1C. The first-order chi connectivity index (χ1) is 11.4. The van der Waals surface area contributed by atoms with Crippen LogP contribution in [0.2, 0.25) is 0 Å². The van der Waals surface area contributed by atoms with Crippen LogP contribution in [0.5, 0.6) is 0 Å². The fourth-order valence-corrected chi connectivity index (χ4v) is 3.09. The van der Waals surface area contributed by atoms with E-state index in [1.165, 1.54) is 22.7 Å². The van der Waals surface area contributed by atoms with Gasteiger partial charge in [-0.1, -0.05) is 16.9 Å². The maximum absolute atomic E-state index is 12.0. The van der Waals surface area contributed by atoms with Gasteiger partial charge in [0, 0.05) is 0 Å². The largest absolute Gasteiger partial charge is 0.463 e. The molecule has 1 saturated heterocycles. The Balaban J connectivity index is 1.93. The van der Waals surface area contributed by atoms with Gasteiger partial charge in [0.1, 0.15) is 17.9 Å². The number of aryl methyl sites for hydroxylation is 2. The molecule has 9 heteroatoms. The lowest BCUT2D eigenvalue weighted by molar-refractivity contribution is -0.137. The third kappa shape index (κ3) is 4.16. The molecule has 1 aromatic rings. The molecule has 2 heterocycles. The van der Waals surface area contributed by atoms with Crippen molar-refractivity contribution in [2.45, 2.75) is 20.8 Å². The number of nitrogens with zero attached hydrogens (tertiary/aromatic N) is 2. The zero-order valence-corrected chi connectivity index (χ0v) is 14.5. The van der Waals surface area contributed by atoms with E-state index >= 15 is 0 Å². The van der Waals surface area contributed by atoms with Crippen molar-refractivity contribution in [1.29, 1.82) is 0 Å². The minimum Gasteiger partial charge on any atom is -0.463 e. The van der Waals surface area contributed by atoms with E-state index in [2.05, 4.69) is 5.16 Å². The molecule has 1 amide bonds. The van der Waals surface area contributed by atoms with Crippen molar-refractivity contribution in [3.05, 3.63) is 28.1 Å². The number of rotatable bonds is 6. The summed E-state index contributed by atoms with van der Waals surface area (Å²) in [6.45, 7) is 5.39. The van der Waals surface area contributed by atoms with Crippen LogP contribution >= 0.6 is 11.8 Å². The highest BCUT2D eigenvalue weighted by molar-refractivity contribution is 8.04. The van der Waals surface area contributed by atoms with Crippen LogP contribution in [0.4, 0.5) is 0 Å². The Hall–Kier alpha value is -2.29. The molecule has 0 aromatic carbocycles. The van der Waals surface area contributed by atoms with Gasteiger partial charge in [-0.15, -0.1) is 0 Å². The molecule has 2 rings (SSSR count). The maximum atomic E-state index is 12.0. The quantitative estimate of drug-likeness (QED) is 0.559. The van der Waals surface area contributed by atoms with Crippen molar-refractivity contribution in [1.82, 2.24) is 10.1 Å². The highest BCUT2D eigenvalue weighted by Gasteiger charge is 2.28. The first-order valence-corrected chi connectivity index (χ1v) is 8.34. The Bertz CT molecular complexity index is 662. The maximum Gasteiger partial charge on any atom is 0.343 e. The molecule has 24 heavy (non-hydrogen) atoms. The molecule has 1 aliphatic rings. The molecule has 0 atom stereocenters. The molecule has 0 radical (unpaired) electrons. The number of amides is 1. The van der Waals surface area contributed by atoms with E-state index < -0.39 is 11.9 Å². The van der Waals surface area contributed by atoms with Crippen LogP contribution in [0.15, 0.2) is 15.6 Å². The van der Waals surface area contributed by atoms with Crippen LogP contribution in [-0.2, 0) is 19.1 Å². The normalized spacial score (nSPS) is 15.9. The summed E-state index contributed by atoms with van der Waals surface area (Å²) in [4.78, 5) is 36.8. The van der Waals surface area contributed by atoms with Gasteiger partial charge in [-0.3, -0.25) is 4.79 Å². The predicted octanol–water partition coefficient (Wildman–Crippen LogP) is 1.43. The van der Waals surface area contributed by atoms with Crippen LogP contribution in [0.3, 0.4) is 0 Å². The van der Waals surface area contributed by atoms with E-state index in [1.807, 2.05) is 0 Å². The van der Waals surface area contributed by atoms with E-state index in [-0.39, 0.29) is 31.4 Å². The number of carbonyl (C=O) groups excluding carboxylic acids is 3. The average Bonchev–Trinajstić information content (AvgIpc) is 3.03. The van der Waals surface area contributed by atoms with Crippen LogP contribution in [0.25, 0.3) is 0 Å². The molecule has 0 N–H and O–H groups in total. The zero-order valence-electron chi connectivity index (χ0n) is 13.7. The predicted molar refractivity (Wildman–Crippen MR) is 85.1 cm³/mol. The van der Waals surface area contributed by atoms with Gasteiger partial charge >= 0.3 is 11.9 Å². The lowest BCUT2D eigenvalue weighted by Crippen LogP contribution is -2.29. The zero-order chi connectivity index (χ0) is 17.7. The summed E-state index contributed by atoms with van der Waals surface area (Å²) >= 11 is 1.25. The summed E-state index contributed by atoms with van der Waals surface area (Å²) in [6, 6.07) is 0. The topological polar surface area (TPSA) is 98.9 Å². The second-order valence-electron chi connectivity index (χ2n) is 4.90. The van der Waals surface area contributed by atoms with Gasteiger partial charge in [0.05, 0.1) is 35.7 Å². The molecule has 0 bridgehead atoms. The van der Waals surface area contributed by atoms with E-state index in [4.69, 9.17) is 14.0 Å². The van der Waals surface area contributed by atoms with Gasteiger partial charge in [0.15, 0.2) is 0 Å². The minimum absolute atomic E-state index is 0.00460. The Morgan fingerprint density at radius 1 is 1.38 bits per heavy atom. The van der Waals surface area contributed by atoms with E-state index in [0.29, 0.717) is 22.0 Å². The van der Waals surface area contributed by atoms with Gasteiger partial charge in [-0.05, 0) is 20.8 Å². The smallest absolute Gasteiger partial charge is 0.343 e. The van der Waals surface area contributed by atoms with E-state index in [0.717, 1.165) is 0 Å². The molecule has 130 valence electrons. The second kappa shape index (κ2) is 8.00. The highest BCUT2D eigenvalue weighted by atomic mass is 32.2. The van der Waals surface area contributed by atoms with Crippen molar-refractivity contribution >= 4 is 29.6 Å². The molecular formula is C15H18N2O6S. The summed E-state index contributed by atoms with van der Waals surface area (Å²) in [5, 5.41) is 4.19. The summed E-state index contributed by atoms with van der Waals surface area (Å²) in [5.74, 6) is -0.589. The van der Waals surface area contributed by atoms with Crippen LogP contribution in [0, 0.1) is 13.8 Å². The number of hydrogen-bond donors (Lipinski definition) is 0. The number of aromatic nitrogens is 1. The molecule has 1 fully saturated rings. The van der Waals surface area contributed by atoms with Gasteiger partial charge in [0.2, 0.25) is 5.91 Å². The molecule has 0 aliphatic carbocycles. The van der Waals surface area contributed by atoms with Gasteiger partial charge in [-0.25, -0.2) is 9.59 Å². The Labute approximate surface area is 143 Å². The average molecular weight is 354 g/mol. The van der Waals surface area contributed by atoms with Crippen LogP contribution in [0.1, 0.15) is 28.7 Å². The van der Waals surface area contributed by atoms with Crippen molar-refractivity contribution in [2.24, 2.45) is 0 Å². The fourth-order valence-electron chi connectivity index (χ4n) is 2.13. The second-order valence-corrected chi connectivity index (χ2v) is 5.90.